The third kappa shape index (κ3) is 5.45. The number of thioether (sulfide) groups is 1. The van der Waals surface area contributed by atoms with Gasteiger partial charge in [0.15, 0.2) is 0 Å². The number of para-hydroxylation sites is 1. The zero-order chi connectivity index (χ0) is 13.2. The largest absolute Gasteiger partial charge is 0.492 e. The lowest BCUT2D eigenvalue weighted by atomic mass is 10.2. The minimum Gasteiger partial charge on any atom is -0.492 e. The molecule has 0 aromatic heterocycles. The highest BCUT2D eigenvalue weighted by Gasteiger charge is 2.09. The Bertz CT molecular complexity index is 366. The smallest absolute Gasteiger partial charge is 0.339 e. The van der Waals surface area contributed by atoms with Gasteiger partial charge in [0.25, 0.3) is 0 Å². The summed E-state index contributed by atoms with van der Waals surface area (Å²) in [4.78, 5) is 10.9. The molecule has 1 rings (SSSR count). The molecule has 0 amide bonds. The fourth-order valence-corrected chi connectivity index (χ4v) is 2.35. The van der Waals surface area contributed by atoms with Crippen molar-refractivity contribution >= 4 is 17.7 Å². The number of carboxylic acids is 1. The molecule has 4 heteroatoms. The Morgan fingerprint density at radius 3 is 2.78 bits per heavy atom. The first-order valence-electron chi connectivity index (χ1n) is 6.28. The van der Waals surface area contributed by atoms with E-state index in [1.165, 1.54) is 19.3 Å². The summed E-state index contributed by atoms with van der Waals surface area (Å²) < 4.78 is 5.50. The van der Waals surface area contributed by atoms with Crippen molar-refractivity contribution in [3.63, 3.8) is 0 Å². The highest BCUT2D eigenvalue weighted by atomic mass is 32.2. The number of benzene rings is 1. The molecule has 0 fully saturated rings. The molecule has 0 aliphatic heterocycles. The number of hydrogen-bond acceptors (Lipinski definition) is 3. The Hall–Kier alpha value is -1.16. The average molecular weight is 268 g/mol. The first-order chi connectivity index (χ1) is 8.75. The van der Waals surface area contributed by atoms with Gasteiger partial charge in [-0.05, 0) is 24.3 Å². The van der Waals surface area contributed by atoms with Crippen LogP contribution in [0.1, 0.15) is 36.5 Å². The van der Waals surface area contributed by atoms with Gasteiger partial charge < -0.3 is 9.84 Å². The van der Waals surface area contributed by atoms with E-state index < -0.39 is 5.97 Å². The standard InChI is InChI=1S/C14H20O3S/c1-2-3-6-10-18-11-9-17-13-8-5-4-7-12(13)14(15)16/h4-5,7-8H,2-3,6,9-11H2,1H3,(H,15,16). The highest BCUT2D eigenvalue weighted by molar-refractivity contribution is 7.99. The van der Waals surface area contributed by atoms with Crippen LogP contribution in [0.5, 0.6) is 5.75 Å². The lowest BCUT2D eigenvalue weighted by Crippen LogP contribution is -2.06. The molecule has 0 saturated heterocycles. The van der Waals surface area contributed by atoms with Crippen molar-refractivity contribution in [2.45, 2.75) is 26.2 Å². The Balaban J connectivity index is 2.25. The van der Waals surface area contributed by atoms with Gasteiger partial charge in [0.2, 0.25) is 0 Å². The van der Waals surface area contributed by atoms with E-state index in [0.717, 1.165) is 11.5 Å². The summed E-state index contributed by atoms with van der Waals surface area (Å²) >= 11 is 1.85. The summed E-state index contributed by atoms with van der Waals surface area (Å²) in [6.45, 7) is 2.75. The molecule has 1 N–H and O–H groups in total. The number of carbonyl (C=O) groups is 1. The maximum atomic E-state index is 10.9. The molecule has 0 unspecified atom stereocenters. The van der Waals surface area contributed by atoms with E-state index in [4.69, 9.17) is 9.84 Å². The minimum absolute atomic E-state index is 0.230. The van der Waals surface area contributed by atoms with Crippen LogP contribution in [0.3, 0.4) is 0 Å². The molecule has 0 aliphatic carbocycles. The average Bonchev–Trinajstić information content (AvgIpc) is 2.38. The minimum atomic E-state index is -0.943. The molecule has 100 valence electrons. The molecule has 0 atom stereocenters. The zero-order valence-corrected chi connectivity index (χ0v) is 11.5. The number of rotatable bonds is 9. The molecule has 1 aromatic carbocycles. The zero-order valence-electron chi connectivity index (χ0n) is 10.7. The van der Waals surface area contributed by atoms with Crippen molar-refractivity contribution in [2.75, 3.05) is 18.1 Å². The number of aromatic carboxylic acids is 1. The molecule has 3 nitrogen and oxygen atoms in total. The van der Waals surface area contributed by atoms with Crippen LogP contribution >= 0.6 is 11.8 Å². The fraction of sp³-hybridized carbons (Fsp3) is 0.500. The lowest BCUT2D eigenvalue weighted by Gasteiger charge is -2.08. The van der Waals surface area contributed by atoms with Gasteiger partial charge in [0, 0.05) is 5.75 Å². The van der Waals surface area contributed by atoms with Gasteiger partial charge in [-0.15, -0.1) is 0 Å². The molecule has 0 saturated carbocycles. The first-order valence-corrected chi connectivity index (χ1v) is 7.44. The van der Waals surface area contributed by atoms with E-state index in [9.17, 15) is 4.79 Å². The second-order valence-electron chi connectivity index (χ2n) is 3.97. The first kappa shape index (κ1) is 14.9. The Kier molecular flexibility index (Phi) is 7.34. The number of ether oxygens (including phenoxy) is 1. The topological polar surface area (TPSA) is 46.5 Å². The predicted octanol–water partition coefficient (Wildman–Crippen LogP) is 3.69. The van der Waals surface area contributed by atoms with Crippen molar-refractivity contribution in [3.8, 4) is 5.75 Å². The van der Waals surface area contributed by atoms with E-state index in [-0.39, 0.29) is 5.56 Å². The number of hydrogen-bond donors (Lipinski definition) is 1. The second kappa shape index (κ2) is 8.86. The van der Waals surface area contributed by atoms with Gasteiger partial charge in [-0.1, -0.05) is 31.9 Å². The number of unbranched alkanes of at least 4 members (excludes halogenated alkanes) is 2. The van der Waals surface area contributed by atoms with Crippen LogP contribution in [0, 0.1) is 0 Å². The molecular weight excluding hydrogens is 248 g/mol. The Morgan fingerprint density at radius 1 is 1.28 bits per heavy atom. The maximum absolute atomic E-state index is 10.9. The van der Waals surface area contributed by atoms with Crippen LogP contribution in [0.25, 0.3) is 0 Å². The van der Waals surface area contributed by atoms with Crippen molar-refractivity contribution in [2.24, 2.45) is 0 Å². The Morgan fingerprint density at radius 2 is 2.06 bits per heavy atom. The van der Waals surface area contributed by atoms with Gasteiger partial charge in [0.1, 0.15) is 11.3 Å². The van der Waals surface area contributed by atoms with Crippen LogP contribution in [-0.2, 0) is 0 Å². The van der Waals surface area contributed by atoms with Gasteiger partial charge in [-0.2, -0.15) is 11.8 Å². The molecule has 0 spiro atoms. The van der Waals surface area contributed by atoms with Gasteiger partial charge in [0.05, 0.1) is 6.61 Å². The van der Waals surface area contributed by atoms with Crippen molar-refractivity contribution in [1.82, 2.24) is 0 Å². The van der Waals surface area contributed by atoms with Gasteiger partial charge >= 0.3 is 5.97 Å². The maximum Gasteiger partial charge on any atom is 0.339 e. The monoisotopic (exact) mass is 268 g/mol. The second-order valence-corrected chi connectivity index (χ2v) is 5.19. The third-order valence-electron chi connectivity index (χ3n) is 2.49. The van der Waals surface area contributed by atoms with E-state index in [2.05, 4.69) is 6.92 Å². The highest BCUT2D eigenvalue weighted by Crippen LogP contribution is 2.18. The summed E-state index contributed by atoms with van der Waals surface area (Å²) in [6.07, 6.45) is 3.76. The van der Waals surface area contributed by atoms with Crippen LogP contribution in [-0.4, -0.2) is 29.2 Å². The van der Waals surface area contributed by atoms with E-state index in [1.54, 1.807) is 24.3 Å². The molecule has 0 radical (unpaired) electrons. The molecule has 0 aliphatic rings. The normalized spacial score (nSPS) is 10.3. The third-order valence-corrected chi connectivity index (χ3v) is 3.53. The summed E-state index contributed by atoms with van der Waals surface area (Å²) in [5, 5.41) is 8.98. The van der Waals surface area contributed by atoms with Crippen molar-refractivity contribution < 1.29 is 14.6 Å². The van der Waals surface area contributed by atoms with Crippen molar-refractivity contribution in [1.29, 1.82) is 0 Å². The molecular formula is C14H20O3S. The predicted molar refractivity (Wildman–Crippen MR) is 75.7 cm³/mol. The van der Waals surface area contributed by atoms with E-state index in [1.807, 2.05) is 11.8 Å². The van der Waals surface area contributed by atoms with Crippen LogP contribution < -0.4 is 4.74 Å². The quantitative estimate of drug-likeness (QED) is 0.694. The van der Waals surface area contributed by atoms with Crippen molar-refractivity contribution in [3.05, 3.63) is 29.8 Å². The fourth-order valence-electron chi connectivity index (χ4n) is 1.54. The van der Waals surface area contributed by atoms with Crippen LogP contribution in [0.4, 0.5) is 0 Å². The lowest BCUT2D eigenvalue weighted by molar-refractivity contribution is 0.0692. The Labute approximate surface area is 113 Å². The molecule has 0 heterocycles. The van der Waals surface area contributed by atoms with E-state index >= 15 is 0 Å². The van der Waals surface area contributed by atoms with Crippen LogP contribution in [0.2, 0.25) is 0 Å². The summed E-state index contributed by atoms with van der Waals surface area (Å²) in [5.74, 6) is 1.57. The van der Waals surface area contributed by atoms with E-state index in [0.29, 0.717) is 12.4 Å². The summed E-state index contributed by atoms with van der Waals surface area (Å²) in [7, 11) is 0. The molecule has 0 bridgehead atoms. The SMILES string of the molecule is CCCCCSCCOc1ccccc1C(=O)O. The van der Waals surface area contributed by atoms with Gasteiger partial charge in [-0.25, -0.2) is 4.79 Å². The van der Waals surface area contributed by atoms with Crippen LogP contribution in [0.15, 0.2) is 24.3 Å². The summed E-state index contributed by atoms with van der Waals surface area (Å²) in [6, 6.07) is 6.75. The summed E-state index contributed by atoms with van der Waals surface area (Å²) in [5.41, 5.74) is 0.230. The van der Waals surface area contributed by atoms with Gasteiger partial charge in [-0.3, -0.25) is 0 Å². The number of carboxylic acid groups (broad SMARTS) is 1. The molecule has 18 heavy (non-hydrogen) atoms. The molecule has 1 aromatic rings.